The zero-order chi connectivity index (χ0) is 59.0. The highest BCUT2D eigenvalue weighted by Crippen LogP contribution is 2.46. The van der Waals surface area contributed by atoms with Crippen molar-refractivity contribution < 1.29 is 18.9 Å². The highest BCUT2D eigenvalue weighted by atomic mass is 16.5. The van der Waals surface area contributed by atoms with Crippen LogP contribution >= 0.6 is 0 Å². The van der Waals surface area contributed by atoms with E-state index in [1.807, 2.05) is 0 Å². The maximum Gasteiger partial charge on any atom is 0.119 e. The van der Waals surface area contributed by atoms with Crippen molar-refractivity contribution in [2.75, 3.05) is 26.4 Å². The van der Waals surface area contributed by atoms with E-state index < -0.39 is 5.41 Å². The number of unbranched alkanes of at least 4 members (excludes halogenated alkanes) is 12. The minimum atomic E-state index is -0.688. The first-order chi connectivity index (χ1) is 41.9. The lowest BCUT2D eigenvalue weighted by Gasteiger charge is -2.37. The Kier molecular flexibility index (Phi) is 26.1. The van der Waals surface area contributed by atoms with Gasteiger partial charge in [-0.3, -0.25) is 0 Å². The lowest BCUT2D eigenvalue weighted by molar-refractivity contribution is 0.305. The van der Waals surface area contributed by atoms with Crippen molar-refractivity contribution in [1.29, 1.82) is 0 Å². The van der Waals surface area contributed by atoms with Crippen molar-refractivity contribution in [1.82, 2.24) is 0 Å². The number of ether oxygens (including phenoxy) is 4. The van der Waals surface area contributed by atoms with E-state index in [2.05, 4.69) is 270 Å². The van der Waals surface area contributed by atoms with E-state index in [0.717, 1.165) is 120 Å². The molecule has 85 heavy (non-hydrogen) atoms. The predicted molar refractivity (Wildman–Crippen MR) is 365 cm³/mol. The summed E-state index contributed by atoms with van der Waals surface area (Å²) in [6, 6.07) is 70.4. The number of rotatable bonds is 36. The van der Waals surface area contributed by atoms with Crippen molar-refractivity contribution in [2.45, 2.75) is 136 Å². The van der Waals surface area contributed by atoms with Crippen LogP contribution in [0.3, 0.4) is 0 Å². The molecule has 0 aliphatic carbocycles. The van der Waals surface area contributed by atoms with Crippen LogP contribution in [0.1, 0.15) is 197 Å². The first-order valence-electron chi connectivity index (χ1n) is 32.0. The summed E-state index contributed by atoms with van der Waals surface area (Å²) in [5.41, 5.74) is 13.0. The lowest BCUT2D eigenvalue weighted by Crippen LogP contribution is -2.31. The largest absolute Gasteiger partial charge is 0.494 e. The molecule has 0 aliphatic rings. The van der Waals surface area contributed by atoms with E-state index in [0.29, 0.717) is 0 Å². The van der Waals surface area contributed by atoms with Gasteiger partial charge in [-0.2, -0.15) is 0 Å². The zero-order valence-corrected chi connectivity index (χ0v) is 51.4. The minimum absolute atomic E-state index is 0.688. The van der Waals surface area contributed by atoms with Crippen LogP contribution in [0.2, 0.25) is 0 Å². The fourth-order valence-corrected chi connectivity index (χ4v) is 10.7. The summed E-state index contributed by atoms with van der Waals surface area (Å²) < 4.78 is 24.2. The second kappa shape index (κ2) is 35.3. The van der Waals surface area contributed by atoms with E-state index in [-0.39, 0.29) is 0 Å². The molecule has 0 atom stereocenters. The van der Waals surface area contributed by atoms with E-state index in [9.17, 15) is 0 Å². The third kappa shape index (κ3) is 20.0. The predicted octanol–water partition coefficient (Wildman–Crippen LogP) is 22.6. The van der Waals surface area contributed by atoms with Gasteiger partial charge in [-0.25, -0.2) is 0 Å². The molecule has 4 heteroatoms. The monoisotopic (exact) mass is 1130 g/mol. The fourth-order valence-electron chi connectivity index (χ4n) is 10.7. The smallest absolute Gasteiger partial charge is 0.119 e. The van der Waals surface area contributed by atoms with Gasteiger partial charge in [-0.15, -0.1) is 0 Å². The molecule has 4 nitrogen and oxygen atoms in total. The molecule has 0 radical (unpaired) electrons. The first-order valence-corrected chi connectivity index (χ1v) is 32.0. The molecule has 0 spiro atoms. The summed E-state index contributed by atoms with van der Waals surface area (Å²) in [6.45, 7) is 12.0. The molecule has 0 fully saturated rings. The molecule has 0 saturated carbocycles. The van der Waals surface area contributed by atoms with Crippen LogP contribution in [0, 0.1) is 0 Å². The molecule has 0 aromatic heterocycles. The van der Waals surface area contributed by atoms with Gasteiger partial charge in [0, 0.05) is 0 Å². The van der Waals surface area contributed by atoms with E-state index in [1.165, 1.54) is 99.3 Å². The van der Waals surface area contributed by atoms with Gasteiger partial charge in [0.25, 0.3) is 0 Å². The van der Waals surface area contributed by atoms with E-state index in [1.54, 1.807) is 0 Å². The molecule has 0 N–H and O–H groups in total. The Labute approximate surface area is 511 Å². The molecule has 8 aromatic carbocycles. The Morgan fingerprint density at radius 2 is 0.376 bits per heavy atom. The average Bonchev–Trinajstić information content (AvgIpc) is 1.09. The summed E-state index contributed by atoms with van der Waals surface area (Å²) in [5, 5.41) is 0. The third-order valence-corrected chi connectivity index (χ3v) is 15.8. The Balaban J connectivity index is 1.11. The van der Waals surface area contributed by atoms with Gasteiger partial charge >= 0.3 is 0 Å². The maximum absolute atomic E-state index is 6.05. The van der Waals surface area contributed by atoms with Crippen molar-refractivity contribution in [3.05, 3.63) is 261 Å². The second-order valence-electron chi connectivity index (χ2n) is 22.5. The Bertz CT molecular complexity index is 2790. The number of hydrogen-bond donors (Lipinski definition) is 0. The molecule has 0 bridgehead atoms. The van der Waals surface area contributed by atoms with Gasteiger partial charge in [0.15, 0.2) is 0 Å². The summed E-state index contributed by atoms with van der Waals surface area (Å²) in [7, 11) is 0. The quantitative estimate of drug-likeness (QED) is 0.0223. The van der Waals surface area contributed by atoms with Crippen LogP contribution < -0.4 is 18.9 Å². The molecule has 0 amide bonds. The summed E-state index contributed by atoms with van der Waals surface area (Å²) in [4.78, 5) is 0. The van der Waals surface area contributed by atoms with Crippen molar-refractivity contribution >= 4 is 48.6 Å². The van der Waals surface area contributed by atoms with Crippen molar-refractivity contribution in [3.63, 3.8) is 0 Å². The Morgan fingerprint density at radius 3 is 0.541 bits per heavy atom. The van der Waals surface area contributed by atoms with Crippen LogP contribution in [0.5, 0.6) is 23.0 Å². The standard InChI is InChI=1S/C81H92O4/c1-5-9-13-17-61-82-77-53-37-69(38-54-77)25-21-65-29-45-73(46-30-65)81(74-47-31-66(32-48-74)22-26-70-39-55-78(56-40-70)83-62-18-14-10-6-2,75-49-33-67(34-50-75)23-27-71-41-57-79(58-42-71)84-63-19-15-11-7-3)76-51-35-68(36-52-76)24-28-72-43-59-80(60-44-72)85-64-20-16-12-8-4/h21-60H,5-20,61-64H2,1-4H3/b25-21+,26-22+,27-23+,28-24+. The summed E-state index contributed by atoms with van der Waals surface area (Å²) in [6.07, 6.45) is 36.6. The van der Waals surface area contributed by atoms with Crippen molar-refractivity contribution in [2.24, 2.45) is 0 Å². The van der Waals surface area contributed by atoms with Gasteiger partial charge in [-0.05, 0) is 141 Å². The molecule has 8 aromatic rings. The summed E-state index contributed by atoms with van der Waals surface area (Å²) in [5.74, 6) is 3.68. The van der Waals surface area contributed by atoms with Crippen LogP contribution in [0.4, 0.5) is 0 Å². The molecular formula is C81H92O4. The number of benzene rings is 8. The Hall–Kier alpha value is -8.08. The van der Waals surface area contributed by atoms with Gasteiger partial charge < -0.3 is 18.9 Å². The normalized spacial score (nSPS) is 11.8. The van der Waals surface area contributed by atoms with Gasteiger partial charge in [0.2, 0.25) is 0 Å². The average molecular weight is 1130 g/mol. The Morgan fingerprint density at radius 1 is 0.212 bits per heavy atom. The molecule has 440 valence electrons. The zero-order valence-electron chi connectivity index (χ0n) is 51.4. The van der Waals surface area contributed by atoms with E-state index in [4.69, 9.17) is 18.9 Å². The van der Waals surface area contributed by atoms with Gasteiger partial charge in [0.05, 0.1) is 31.8 Å². The van der Waals surface area contributed by atoms with Crippen LogP contribution in [-0.4, -0.2) is 26.4 Å². The SMILES string of the molecule is CCCCCCOc1ccc(/C=C/c2ccc(C(c3ccc(/C=C/c4ccc(OCCCCCC)cc4)cc3)(c3ccc(/C=C/c4ccc(OCCCCCC)cc4)cc3)c3ccc(/C=C/c4ccc(OCCCCCC)cc4)cc3)cc2)cc1. The van der Waals surface area contributed by atoms with Gasteiger partial charge in [0.1, 0.15) is 23.0 Å². The van der Waals surface area contributed by atoms with Crippen molar-refractivity contribution in [3.8, 4) is 23.0 Å². The molecular weight excluding hydrogens is 1040 g/mol. The highest BCUT2D eigenvalue weighted by molar-refractivity contribution is 5.75. The van der Waals surface area contributed by atoms with Crippen LogP contribution in [0.15, 0.2) is 194 Å². The minimum Gasteiger partial charge on any atom is -0.494 e. The van der Waals surface area contributed by atoms with E-state index >= 15 is 0 Å². The lowest BCUT2D eigenvalue weighted by atomic mass is 9.64. The molecule has 8 rings (SSSR count). The molecule has 0 saturated heterocycles. The molecule has 0 heterocycles. The first kappa shape index (κ1) is 63.0. The molecule has 0 unspecified atom stereocenters. The van der Waals surface area contributed by atoms with Crippen LogP contribution in [0.25, 0.3) is 48.6 Å². The maximum atomic E-state index is 6.05. The third-order valence-electron chi connectivity index (χ3n) is 15.8. The highest BCUT2D eigenvalue weighted by Gasteiger charge is 2.38. The fraction of sp³-hybridized carbons (Fsp3) is 0.309. The van der Waals surface area contributed by atoms with Crippen LogP contribution in [-0.2, 0) is 5.41 Å². The summed E-state index contributed by atoms with van der Waals surface area (Å²) >= 11 is 0. The number of hydrogen-bond acceptors (Lipinski definition) is 4. The topological polar surface area (TPSA) is 36.9 Å². The second-order valence-corrected chi connectivity index (χ2v) is 22.5. The molecule has 0 aliphatic heterocycles. The van der Waals surface area contributed by atoms with Gasteiger partial charge in [-0.1, -0.05) is 299 Å².